The van der Waals surface area contributed by atoms with Crippen molar-refractivity contribution in [1.82, 2.24) is 16.2 Å². The molecule has 0 aliphatic heterocycles. The molecule has 0 radical (unpaired) electrons. The van der Waals surface area contributed by atoms with E-state index in [9.17, 15) is 9.59 Å². The van der Waals surface area contributed by atoms with Gasteiger partial charge in [-0.25, -0.2) is 0 Å². The smallest absolute Gasteiger partial charge is 0.276 e. The Bertz CT molecular complexity index is 911. The quantitative estimate of drug-likeness (QED) is 0.383. The van der Waals surface area contributed by atoms with E-state index in [1.807, 2.05) is 44.2 Å². The van der Waals surface area contributed by atoms with Gasteiger partial charge in [-0.05, 0) is 61.5 Å². The highest BCUT2D eigenvalue weighted by atomic mass is 32.1. The Balaban J connectivity index is 1.71. The zero-order valence-electron chi connectivity index (χ0n) is 16.4. The predicted molar refractivity (Wildman–Crippen MR) is 115 cm³/mol. The summed E-state index contributed by atoms with van der Waals surface area (Å²) >= 11 is 4.98. The zero-order valence-corrected chi connectivity index (χ0v) is 17.3. The first-order chi connectivity index (χ1) is 13.9. The lowest BCUT2D eigenvalue weighted by atomic mass is 10.1. The minimum Gasteiger partial charge on any atom is -0.497 e. The first kappa shape index (κ1) is 21.9. The summed E-state index contributed by atoms with van der Waals surface area (Å²) in [5.74, 6) is 0.494. The van der Waals surface area contributed by atoms with Crippen LogP contribution in [0.25, 0.3) is 6.08 Å². The topological polar surface area (TPSA) is 88.7 Å². The van der Waals surface area contributed by atoms with E-state index in [2.05, 4.69) is 16.2 Å². The third-order valence-electron chi connectivity index (χ3n) is 3.78. The van der Waals surface area contributed by atoms with Gasteiger partial charge in [-0.2, -0.15) is 0 Å². The summed E-state index contributed by atoms with van der Waals surface area (Å²) in [5, 5.41) is 2.40. The van der Waals surface area contributed by atoms with Crippen LogP contribution in [0.2, 0.25) is 0 Å². The Kier molecular flexibility index (Phi) is 8.17. The third kappa shape index (κ3) is 7.63. The number of hydrogen-bond donors (Lipinski definition) is 3. The average Bonchev–Trinajstić information content (AvgIpc) is 2.70. The molecule has 8 heteroatoms. The highest BCUT2D eigenvalue weighted by Gasteiger charge is 2.06. The number of amides is 2. The molecular weight excluding hydrogens is 390 g/mol. The van der Waals surface area contributed by atoms with E-state index < -0.39 is 11.8 Å². The van der Waals surface area contributed by atoms with E-state index in [-0.39, 0.29) is 11.7 Å². The predicted octanol–water partition coefficient (Wildman–Crippen LogP) is 2.43. The van der Waals surface area contributed by atoms with Crippen molar-refractivity contribution in [2.24, 2.45) is 0 Å². The van der Waals surface area contributed by atoms with Crippen molar-refractivity contribution in [1.29, 1.82) is 0 Å². The molecule has 0 aromatic heterocycles. The maximum atomic E-state index is 11.9. The maximum absolute atomic E-state index is 11.9. The molecule has 152 valence electrons. The number of hydrazine groups is 1. The molecule has 0 aliphatic rings. The number of aryl methyl sites for hydroxylation is 2. The molecule has 0 atom stereocenters. The molecule has 0 saturated carbocycles. The van der Waals surface area contributed by atoms with E-state index in [1.54, 1.807) is 25.3 Å². The largest absolute Gasteiger partial charge is 0.497 e. The average molecular weight is 413 g/mol. The molecule has 2 rings (SSSR count). The molecule has 0 aliphatic carbocycles. The molecule has 0 heterocycles. The summed E-state index contributed by atoms with van der Waals surface area (Å²) in [5.41, 5.74) is 7.71. The Labute approximate surface area is 175 Å². The first-order valence-corrected chi connectivity index (χ1v) is 9.20. The van der Waals surface area contributed by atoms with Crippen LogP contribution in [0.3, 0.4) is 0 Å². The Morgan fingerprint density at radius 2 is 1.79 bits per heavy atom. The molecular formula is C21H23N3O4S. The van der Waals surface area contributed by atoms with E-state index in [0.29, 0.717) is 5.75 Å². The van der Waals surface area contributed by atoms with Crippen LogP contribution < -0.4 is 25.6 Å². The van der Waals surface area contributed by atoms with Crippen LogP contribution in [-0.4, -0.2) is 30.6 Å². The van der Waals surface area contributed by atoms with Gasteiger partial charge < -0.3 is 9.47 Å². The van der Waals surface area contributed by atoms with Gasteiger partial charge in [-0.1, -0.05) is 29.8 Å². The van der Waals surface area contributed by atoms with Gasteiger partial charge in [0.25, 0.3) is 5.91 Å². The summed E-state index contributed by atoms with van der Waals surface area (Å²) in [4.78, 5) is 23.7. The van der Waals surface area contributed by atoms with Crippen LogP contribution in [0.15, 0.2) is 48.5 Å². The molecule has 3 N–H and O–H groups in total. The fraction of sp³-hybridized carbons (Fsp3) is 0.190. The van der Waals surface area contributed by atoms with Gasteiger partial charge in [0.1, 0.15) is 11.5 Å². The van der Waals surface area contributed by atoms with Gasteiger partial charge in [0.15, 0.2) is 11.7 Å². The summed E-state index contributed by atoms with van der Waals surface area (Å²) in [7, 11) is 1.58. The second-order valence-corrected chi connectivity index (χ2v) is 6.56. The number of rotatable bonds is 6. The number of hydrogen-bond acceptors (Lipinski definition) is 5. The number of methoxy groups -OCH3 is 1. The lowest BCUT2D eigenvalue weighted by molar-refractivity contribution is -0.123. The third-order valence-corrected chi connectivity index (χ3v) is 3.99. The molecule has 2 aromatic rings. The minimum absolute atomic E-state index is 0.0331. The molecule has 0 unspecified atom stereocenters. The Morgan fingerprint density at radius 1 is 1.07 bits per heavy atom. The SMILES string of the molecule is COc1ccc(/C=C/C(=O)NC(=S)NNC(=O)COc2ccc(C)cc2C)cc1. The standard InChI is InChI=1S/C21H23N3O4S/c1-14-4-10-18(15(2)12-14)28-13-20(26)23-24-21(29)22-19(25)11-7-16-5-8-17(27-3)9-6-16/h4-12H,13H2,1-3H3,(H,23,26)(H2,22,24,25,29)/b11-7+. The second-order valence-electron chi connectivity index (χ2n) is 6.16. The van der Waals surface area contributed by atoms with Crippen molar-refractivity contribution in [3.8, 4) is 11.5 Å². The highest BCUT2D eigenvalue weighted by Crippen LogP contribution is 2.18. The van der Waals surface area contributed by atoms with Crippen molar-refractivity contribution in [2.45, 2.75) is 13.8 Å². The van der Waals surface area contributed by atoms with Gasteiger partial charge in [0, 0.05) is 6.08 Å². The Morgan fingerprint density at radius 3 is 2.45 bits per heavy atom. The zero-order chi connectivity index (χ0) is 21.2. The molecule has 0 spiro atoms. The van der Waals surface area contributed by atoms with E-state index in [1.165, 1.54) is 6.08 Å². The summed E-state index contributed by atoms with van der Waals surface area (Å²) in [6.45, 7) is 3.70. The number of nitrogens with one attached hydrogen (secondary N) is 3. The van der Waals surface area contributed by atoms with Gasteiger partial charge in [0.2, 0.25) is 5.91 Å². The monoisotopic (exact) mass is 413 g/mol. The maximum Gasteiger partial charge on any atom is 0.276 e. The van der Waals surface area contributed by atoms with Crippen molar-refractivity contribution >= 4 is 35.2 Å². The number of benzene rings is 2. The first-order valence-electron chi connectivity index (χ1n) is 8.79. The molecule has 0 bridgehead atoms. The van der Waals surface area contributed by atoms with Crippen LogP contribution in [-0.2, 0) is 9.59 Å². The summed E-state index contributed by atoms with van der Waals surface area (Å²) < 4.78 is 10.5. The fourth-order valence-electron chi connectivity index (χ4n) is 2.34. The number of ether oxygens (including phenoxy) is 2. The lowest BCUT2D eigenvalue weighted by Crippen LogP contribution is -2.49. The van der Waals surface area contributed by atoms with Crippen LogP contribution in [0.1, 0.15) is 16.7 Å². The van der Waals surface area contributed by atoms with E-state index in [0.717, 1.165) is 22.4 Å². The molecule has 0 saturated heterocycles. The second kappa shape index (κ2) is 10.8. The van der Waals surface area contributed by atoms with Crippen molar-refractivity contribution in [3.05, 3.63) is 65.2 Å². The normalized spacial score (nSPS) is 10.3. The van der Waals surface area contributed by atoms with Gasteiger partial charge in [-0.15, -0.1) is 0 Å². The molecule has 2 aromatic carbocycles. The Hall–Kier alpha value is -3.39. The van der Waals surface area contributed by atoms with Crippen LogP contribution >= 0.6 is 12.2 Å². The van der Waals surface area contributed by atoms with Crippen molar-refractivity contribution in [2.75, 3.05) is 13.7 Å². The molecule has 7 nitrogen and oxygen atoms in total. The van der Waals surface area contributed by atoms with E-state index in [4.69, 9.17) is 21.7 Å². The van der Waals surface area contributed by atoms with Crippen molar-refractivity contribution < 1.29 is 19.1 Å². The van der Waals surface area contributed by atoms with Crippen LogP contribution in [0.5, 0.6) is 11.5 Å². The van der Waals surface area contributed by atoms with Gasteiger partial charge >= 0.3 is 0 Å². The highest BCUT2D eigenvalue weighted by molar-refractivity contribution is 7.80. The van der Waals surface area contributed by atoms with Crippen LogP contribution in [0, 0.1) is 13.8 Å². The van der Waals surface area contributed by atoms with E-state index >= 15 is 0 Å². The summed E-state index contributed by atoms with van der Waals surface area (Å²) in [6.07, 6.45) is 2.97. The van der Waals surface area contributed by atoms with Gasteiger partial charge in [-0.3, -0.25) is 25.8 Å². The number of carbonyl (C=O) groups is 2. The van der Waals surface area contributed by atoms with Gasteiger partial charge in [0.05, 0.1) is 7.11 Å². The number of thiocarbonyl (C=S) groups is 1. The van der Waals surface area contributed by atoms with Crippen molar-refractivity contribution in [3.63, 3.8) is 0 Å². The molecule has 0 fully saturated rings. The molecule has 29 heavy (non-hydrogen) atoms. The minimum atomic E-state index is -0.435. The van der Waals surface area contributed by atoms with Crippen LogP contribution in [0.4, 0.5) is 0 Å². The summed E-state index contributed by atoms with van der Waals surface area (Å²) in [6, 6.07) is 12.9. The number of carbonyl (C=O) groups excluding carboxylic acids is 2. The lowest BCUT2D eigenvalue weighted by Gasteiger charge is -2.12. The molecule has 2 amide bonds. The fourth-order valence-corrected chi connectivity index (χ4v) is 2.49.